The van der Waals surface area contributed by atoms with Crippen molar-refractivity contribution in [3.63, 3.8) is 0 Å². The fourth-order valence-corrected chi connectivity index (χ4v) is 2.45. The molecule has 1 atom stereocenters. The summed E-state index contributed by atoms with van der Waals surface area (Å²) in [5.74, 6) is 1.08. The van der Waals surface area contributed by atoms with Crippen LogP contribution in [0.15, 0.2) is 0 Å². The molecule has 0 radical (unpaired) electrons. The smallest absolute Gasteiger partial charge is 0.224 e. The standard InChI is InChI=1S/C13H26N2O/c1-3-12(10-14-2)13(16)15-9-11-7-5-4-6-8-11/h11-12,14H,3-10H2,1-2H3,(H,15,16). The summed E-state index contributed by atoms with van der Waals surface area (Å²) >= 11 is 0. The van der Waals surface area contributed by atoms with Crippen LogP contribution in [0, 0.1) is 11.8 Å². The third kappa shape index (κ3) is 4.52. The van der Waals surface area contributed by atoms with Gasteiger partial charge in [-0.3, -0.25) is 4.79 Å². The van der Waals surface area contributed by atoms with E-state index >= 15 is 0 Å². The van der Waals surface area contributed by atoms with Crippen molar-refractivity contribution >= 4 is 5.91 Å². The van der Waals surface area contributed by atoms with Crippen molar-refractivity contribution in [3.05, 3.63) is 0 Å². The van der Waals surface area contributed by atoms with Crippen LogP contribution >= 0.6 is 0 Å². The minimum Gasteiger partial charge on any atom is -0.356 e. The molecule has 2 N–H and O–H groups in total. The highest BCUT2D eigenvalue weighted by Crippen LogP contribution is 2.22. The summed E-state index contributed by atoms with van der Waals surface area (Å²) in [5, 5.41) is 6.19. The molecule has 1 amide bonds. The molecule has 3 nitrogen and oxygen atoms in total. The second-order valence-corrected chi connectivity index (χ2v) is 4.91. The fourth-order valence-electron chi connectivity index (χ4n) is 2.45. The number of amides is 1. The molecule has 0 aromatic heterocycles. The first-order chi connectivity index (χ1) is 7.77. The largest absolute Gasteiger partial charge is 0.356 e. The van der Waals surface area contributed by atoms with Crippen molar-refractivity contribution in [2.45, 2.75) is 45.4 Å². The predicted molar refractivity (Wildman–Crippen MR) is 67.3 cm³/mol. The zero-order valence-electron chi connectivity index (χ0n) is 10.7. The summed E-state index contributed by atoms with van der Waals surface area (Å²) in [6, 6.07) is 0. The molecular weight excluding hydrogens is 200 g/mol. The van der Waals surface area contributed by atoms with E-state index < -0.39 is 0 Å². The average molecular weight is 226 g/mol. The van der Waals surface area contributed by atoms with Gasteiger partial charge in [0.25, 0.3) is 0 Å². The van der Waals surface area contributed by atoms with Gasteiger partial charge in [-0.15, -0.1) is 0 Å². The van der Waals surface area contributed by atoms with Gasteiger partial charge in [-0.25, -0.2) is 0 Å². The maximum Gasteiger partial charge on any atom is 0.224 e. The van der Waals surface area contributed by atoms with Crippen LogP contribution in [-0.4, -0.2) is 26.0 Å². The lowest BCUT2D eigenvalue weighted by Gasteiger charge is -2.23. The molecule has 94 valence electrons. The number of carbonyl (C=O) groups excluding carboxylic acids is 1. The fraction of sp³-hybridized carbons (Fsp3) is 0.923. The van der Waals surface area contributed by atoms with Crippen LogP contribution in [0.4, 0.5) is 0 Å². The third-order valence-corrected chi connectivity index (χ3v) is 3.60. The first-order valence-corrected chi connectivity index (χ1v) is 6.70. The Kier molecular flexibility index (Phi) is 6.46. The molecule has 0 aliphatic heterocycles. The van der Waals surface area contributed by atoms with Gasteiger partial charge in [0.2, 0.25) is 5.91 Å². The van der Waals surface area contributed by atoms with Crippen molar-refractivity contribution in [1.29, 1.82) is 0 Å². The van der Waals surface area contributed by atoms with E-state index in [1.54, 1.807) is 0 Å². The van der Waals surface area contributed by atoms with Crippen LogP contribution in [0.1, 0.15) is 45.4 Å². The molecule has 1 rings (SSSR count). The molecule has 0 heterocycles. The Morgan fingerprint density at radius 1 is 1.31 bits per heavy atom. The lowest BCUT2D eigenvalue weighted by molar-refractivity contribution is -0.125. The van der Waals surface area contributed by atoms with Gasteiger partial charge in [0, 0.05) is 13.1 Å². The molecular formula is C13H26N2O. The van der Waals surface area contributed by atoms with Gasteiger partial charge in [-0.1, -0.05) is 26.2 Å². The van der Waals surface area contributed by atoms with E-state index in [1.165, 1.54) is 32.1 Å². The first kappa shape index (κ1) is 13.5. The zero-order valence-corrected chi connectivity index (χ0v) is 10.7. The van der Waals surface area contributed by atoms with E-state index in [1.807, 2.05) is 7.05 Å². The van der Waals surface area contributed by atoms with Crippen molar-refractivity contribution in [3.8, 4) is 0 Å². The highest BCUT2D eigenvalue weighted by molar-refractivity contribution is 5.78. The summed E-state index contributed by atoms with van der Waals surface area (Å²) in [5.41, 5.74) is 0. The van der Waals surface area contributed by atoms with Crippen LogP contribution in [0.3, 0.4) is 0 Å². The van der Waals surface area contributed by atoms with Gasteiger partial charge >= 0.3 is 0 Å². The van der Waals surface area contributed by atoms with E-state index in [-0.39, 0.29) is 11.8 Å². The lowest BCUT2D eigenvalue weighted by Crippen LogP contribution is -2.38. The highest BCUT2D eigenvalue weighted by atomic mass is 16.1. The van der Waals surface area contributed by atoms with Crippen molar-refractivity contribution in [2.75, 3.05) is 20.1 Å². The minimum absolute atomic E-state index is 0.133. The van der Waals surface area contributed by atoms with Gasteiger partial charge in [-0.2, -0.15) is 0 Å². The summed E-state index contributed by atoms with van der Waals surface area (Å²) < 4.78 is 0. The molecule has 0 bridgehead atoms. The Hall–Kier alpha value is -0.570. The van der Waals surface area contributed by atoms with E-state index in [4.69, 9.17) is 0 Å². The molecule has 1 fully saturated rings. The number of rotatable bonds is 6. The number of nitrogens with one attached hydrogen (secondary N) is 2. The quantitative estimate of drug-likeness (QED) is 0.726. The van der Waals surface area contributed by atoms with Gasteiger partial charge in [0.1, 0.15) is 0 Å². The summed E-state index contributed by atoms with van der Waals surface area (Å²) in [6.45, 7) is 3.74. The summed E-state index contributed by atoms with van der Waals surface area (Å²) in [7, 11) is 1.90. The summed E-state index contributed by atoms with van der Waals surface area (Å²) in [6.07, 6.45) is 7.56. The number of hydrogen-bond acceptors (Lipinski definition) is 2. The molecule has 1 aliphatic rings. The SMILES string of the molecule is CCC(CNC)C(=O)NCC1CCCCC1. The van der Waals surface area contributed by atoms with E-state index in [0.717, 1.165) is 25.4 Å². The van der Waals surface area contributed by atoms with E-state index in [2.05, 4.69) is 17.6 Å². The molecule has 1 unspecified atom stereocenters. The number of carbonyl (C=O) groups is 1. The first-order valence-electron chi connectivity index (χ1n) is 6.70. The Morgan fingerprint density at radius 2 is 2.00 bits per heavy atom. The maximum atomic E-state index is 11.9. The summed E-state index contributed by atoms with van der Waals surface area (Å²) in [4.78, 5) is 11.9. The van der Waals surface area contributed by atoms with E-state index in [0.29, 0.717) is 0 Å². The minimum atomic E-state index is 0.133. The van der Waals surface area contributed by atoms with Gasteiger partial charge < -0.3 is 10.6 Å². The van der Waals surface area contributed by atoms with Crippen LogP contribution < -0.4 is 10.6 Å². The molecule has 0 saturated heterocycles. The molecule has 1 aliphatic carbocycles. The van der Waals surface area contributed by atoms with Crippen molar-refractivity contribution < 1.29 is 4.79 Å². The van der Waals surface area contributed by atoms with Gasteiger partial charge in [0.05, 0.1) is 5.92 Å². The third-order valence-electron chi connectivity index (χ3n) is 3.60. The lowest BCUT2D eigenvalue weighted by atomic mass is 9.89. The average Bonchev–Trinajstić information content (AvgIpc) is 2.34. The molecule has 3 heteroatoms. The second kappa shape index (κ2) is 7.66. The topological polar surface area (TPSA) is 41.1 Å². The zero-order chi connectivity index (χ0) is 11.8. The van der Waals surface area contributed by atoms with Crippen LogP contribution in [0.2, 0.25) is 0 Å². The molecule has 1 saturated carbocycles. The van der Waals surface area contributed by atoms with Gasteiger partial charge in [-0.05, 0) is 32.2 Å². The molecule has 16 heavy (non-hydrogen) atoms. The normalized spacial score (nSPS) is 19.4. The Morgan fingerprint density at radius 3 is 2.56 bits per heavy atom. The number of hydrogen-bond donors (Lipinski definition) is 2. The van der Waals surface area contributed by atoms with Crippen molar-refractivity contribution in [2.24, 2.45) is 11.8 Å². The van der Waals surface area contributed by atoms with Crippen molar-refractivity contribution in [1.82, 2.24) is 10.6 Å². The van der Waals surface area contributed by atoms with Crippen LogP contribution in [0.25, 0.3) is 0 Å². The van der Waals surface area contributed by atoms with Gasteiger partial charge in [0.15, 0.2) is 0 Å². The predicted octanol–water partition coefficient (Wildman–Crippen LogP) is 1.93. The van der Waals surface area contributed by atoms with Crippen LogP contribution in [-0.2, 0) is 4.79 Å². The van der Waals surface area contributed by atoms with Crippen LogP contribution in [0.5, 0.6) is 0 Å². The molecule has 0 aromatic rings. The highest BCUT2D eigenvalue weighted by Gasteiger charge is 2.18. The maximum absolute atomic E-state index is 11.9. The second-order valence-electron chi connectivity index (χ2n) is 4.91. The monoisotopic (exact) mass is 226 g/mol. The Labute approximate surface area is 99.4 Å². The molecule has 0 spiro atoms. The Balaban J connectivity index is 2.21. The van der Waals surface area contributed by atoms with E-state index in [9.17, 15) is 4.79 Å². The molecule has 0 aromatic carbocycles. The Bertz CT molecular complexity index is 200.